The first-order valence-corrected chi connectivity index (χ1v) is 9.17. The van der Waals surface area contributed by atoms with Crippen molar-refractivity contribution in [1.29, 1.82) is 0 Å². The van der Waals surface area contributed by atoms with Gasteiger partial charge in [-0.25, -0.2) is 0 Å². The summed E-state index contributed by atoms with van der Waals surface area (Å²) in [6.07, 6.45) is 2.85. The van der Waals surface area contributed by atoms with Gasteiger partial charge in [0.15, 0.2) is 0 Å². The summed E-state index contributed by atoms with van der Waals surface area (Å²) in [7, 11) is 5.32. The summed E-state index contributed by atoms with van der Waals surface area (Å²) in [5.74, 6) is 2.00. The standard InChI is InChI=1S/C22H24N2O3/c1-23-14-19(17-6-4-5-7-20(17)23)22(25)24-11-10-15(13-24)18-12-16(26-2)8-9-21(18)27-3/h4-9,12,14-15H,10-11,13H2,1-3H3. The van der Waals surface area contributed by atoms with Crippen molar-refractivity contribution in [1.82, 2.24) is 9.47 Å². The maximum absolute atomic E-state index is 13.2. The highest BCUT2D eigenvalue weighted by atomic mass is 16.5. The van der Waals surface area contributed by atoms with Crippen LogP contribution in [0.5, 0.6) is 11.5 Å². The van der Waals surface area contributed by atoms with Crippen molar-refractivity contribution in [2.75, 3.05) is 27.3 Å². The summed E-state index contributed by atoms with van der Waals surface area (Å²) in [5, 5.41) is 1.01. The smallest absolute Gasteiger partial charge is 0.256 e. The topological polar surface area (TPSA) is 43.7 Å². The Balaban J connectivity index is 1.60. The Kier molecular flexibility index (Phi) is 4.52. The van der Waals surface area contributed by atoms with Gasteiger partial charge in [-0.2, -0.15) is 0 Å². The average Bonchev–Trinajstić information content (AvgIpc) is 3.32. The number of carbonyl (C=O) groups excluding carboxylic acids is 1. The van der Waals surface area contributed by atoms with E-state index < -0.39 is 0 Å². The quantitative estimate of drug-likeness (QED) is 0.707. The van der Waals surface area contributed by atoms with E-state index in [1.165, 1.54) is 0 Å². The molecule has 0 aliphatic carbocycles. The number of likely N-dealkylation sites (tertiary alicyclic amines) is 1. The van der Waals surface area contributed by atoms with Crippen molar-refractivity contribution in [3.05, 3.63) is 59.8 Å². The summed E-state index contributed by atoms with van der Waals surface area (Å²) in [5.41, 5.74) is 2.95. The van der Waals surface area contributed by atoms with E-state index >= 15 is 0 Å². The normalized spacial score (nSPS) is 16.7. The molecule has 3 aromatic rings. The fraction of sp³-hybridized carbons (Fsp3) is 0.318. The molecule has 1 atom stereocenters. The number of para-hydroxylation sites is 1. The molecular formula is C22H24N2O3. The minimum Gasteiger partial charge on any atom is -0.497 e. The summed E-state index contributed by atoms with van der Waals surface area (Å²) in [6.45, 7) is 1.43. The van der Waals surface area contributed by atoms with Gasteiger partial charge in [0.05, 0.1) is 19.8 Å². The number of hydrogen-bond acceptors (Lipinski definition) is 3. The molecule has 0 N–H and O–H groups in total. The van der Waals surface area contributed by atoms with Crippen molar-refractivity contribution in [3.8, 4) is 11.5 Å². The lowest BCUT2D eigenvalue weighted by atomic mass is 9.97. The molecule has 5 heteroatoms. The molecule has 1 saturated heterocycles. The monoisotopic (exact) mass is 364 g/mol. The Morgan fingerprint density at radius 2 is 1.93 bits per heavy atom. The van der Waals surface area contributed by atoms with Crippen LogP contribution in [-0.4, -0.2) is 42.7 Å². The number of carbonyl (C=O) groups is 1. The van der Waals surface area contributed by atoms with Crippen molar-refractivity contribution in [2.24, 2.45) is 7.05 Å². The third kappa shape index (κ3) is 3.03. The zero-order valence-electron chi connectivity index (χ0n) is 15.9. The Morgan fingerprint density at radius 3 is 2.70 bits per heavy atom. The lowest BCUT2D eigenvalue weighted by molar-refractivity contribution is 0.0792. The SMILES string of the molecule is COc1ccc(OC)c(C2CCN(C(=O)c3cn(C)c4ccccc34)C2)c1. The molecular weight excluding hydrogens is 340 g/mol. The van der Waals surface area contributed by atoms with E-state index in [4.69, 9.17) is 9.47 Å². The third-order valence-electron chi connectivity index (χ3n) is 5.48. The van der Waals surface area contributed by atoms with Crippen LogP contribution in [0.3, 0.4) is 0 Å². The molecule has 1 aliphatic heterocycles. The van der Waals surface area contributed by atoms with Crippen molar-refractivity contribution >= 4 is 16.8 Å². The highest BCUT2D eigenvalue weighted by molar-refractivity contribution is 6.07. The predicted octanol–water partition coefficient (Wildman–Crippen LogP) is 3.83. The predicted molar refractivity (Wildman–Crippen MR) is 106 cm³/mol. The molecule has 1 aliphatic rings. The van der Waals surface area contributed by atoms with Crippen LogP contribution in [-0.2, 0) is 7.05 Å². The molecule has 0 bridgehead atoms. The van der Waals surface area contributed by atoms with Crippen molar-refractivity contribution in [3.63, 3.8) is 0 Å². The van der Waals surface area contributed by atoms with E-state index in [2.05, 4.69) is 0 Å². The van der Waals surface area contributed by atoms with Crippen molar-refractivity contribution < 1.29 is 14.3 Å². The number of aromatic nitrogens is 1. The number of benzene rings is 2. The number of methoxy groups -OCH3 is 2. The second kappa shape index (κ2) is 6.99. The number of amides is 1. The summed E-state index contributed by atoms with van der Waals surface area (Å²) >= 11 is 0. The van der Waals surface area contributed by atoms with Gasteiger partial charge in [0.25, 0.3) is 5.91 Å². The van der Waals surface area contributed by atoms with Gasteiger partial charge in [-0.15, -0.1) is 0 Å². The lowest BCUT2D eigenvalue weighted by Crippen LogP contribution is -2.28. The van der Waals surface area contributed by atoms with Crippen LogP contribution in [0.4, 0.5) is 0 Å². The maximum Gasteiger partial charge on any atom is 0.256 e. The molecule has 1 aromatic heterocycles. The van der Waals surface area contributed by atoms with Gasteiger partial charge < -0.3 is 18.9 Å². The summed E-state index contributed by atoms with van der Waals surface area (Å²) < 4.78 is 12.9. The minimum atomic E-state index is 0.0937. The van der Waals surface area contributed by atoms with Gasteiger partial charge in [0.2, 0.25) is 0 Å². The van der Waals surface area contributed by atoms with Crippen LogP contribution in [0.15, 0.2) is 48.7 Å². The largest absolute Gasteiger partial charge is 0.497 e. The van der Waals surface area contributed by atoms with Gasteiger partial charge in [-0.1, -0.05) is 18.2 Å². The van der Waals surface area contributed by atoms with E-state index in [1.807, 2.05) is 65.2 Å². The highest BCUT2D eigenvalue weighted by Crippen LogP contribution is 2.36. The number of nitrogens with zero attached hydrogens (tertiary/aromatic N) is 2. The summed E-state index contributed by atoms with van der Waals surface area (Å²) in [4.78, 5) is 15.1. The Morgan fingerprint density at radius 1 is 1.11 bits per heavy atom. The van der Waals surface area contributed by atoms with Crippen LogP contribution in [0.25, 0.3) is 10.9 Å². The number of ether oxygens (including phenoxy) is 2. The number of hydrogen-bond donors (Lipinski definition) is 0. The second-order valence-electron chi connectivity index (χ2n) is 7.02. The Labute approximate surface area is 159 Å². The van der Waals surface area contributed by atoms with E-state index in [1.54, 1.807) is 14.2 Å². The first-order chi connectivity index (χ1) is 13.1. The van der Waals surface area contributed by atoms with Crippen LogP contribution < -0.4 is 9.47 Å². The molecule has 2 aromatic carbocycles. The molecule has 1 unspecified atom stereocenters. The van der Waals surface area contributed by atoms with E-state index in [-0.39, 0.29) is 11.8 Å². The molecule has 27 heavy (non-hydrogen) atoms. The lowest BCUT2D eigenvalue weighted by Gasteiger charge is -2.18. The maximum atomic E-state index is 13.2. The van der Waals surface area contributed by atoms with Gasteiger partial charge in [-0.05, 0) is 30.7 Å². The van der Waals surface area contributed by atoms with Gasteiger partial charge >= 0.3 is 0 Å². The number of aryl methyl sites for hydroxylation is 1. The van der Waals surface area contributed by atoms with Gasteiger partial charge in [0.1, 0.15) is 11.5 Å². The highest BCUT2D eigenvalue weighted by Gasteiger charge is 2.31. The van der Waals surface area contributed by atoms with E-state index in [9.17, 15) is 4.79 Å². The van der Waals surface area contributed by atoms with Crippen molar-refractivity contribution in [2.45, 2.75) is 12.3 Å². The molecule has 0 saturated carbocycles. The molecule has 1 amide bonds. The summed E-state index contributed by atoms with van der Waals surface area (Å²) in [6, 6.07) is 13.9. The molecule has 2 heterocycles. The van der Waals surface area contributed by atoms with E-state index in [0.717, 1.165) is 46.5 Å². The number of fused-ring (bicyclic) bond motifs is 1. The number of rotatable bonds is 4. The molecule has 0 spiro atoms. The fourth-order valence-corrected chi connectivity index (χ4v) is 4.04. The first kappa shape index (κ1) is 17.5. The van der Waals surface area contributed by atoms with Gasteiger partial charge in [0, 0.05) is 48.7 Å². The van der Waals surface area contributed by atoms with E-state index in [0.29, 0.717) is 6.54 Å². The zero-order valence-corrected chi connectivity index (χ0v) is 15.9. The molecule has 140 valence electrons. The van der Waals surface area contributed by atoms with Crippen LogP contribution in [0, 0.1) is 0 Å². The Hall–Kier alpha value is -2.95. The van der Waals surface area contributed by atoms with Gasteiger partial charge in [-0.3, -0.25) is 4.79 Å². The first-order valence-electron chi connectivity index (χ1n) is 9.17. The zero-order chi connectivity index (χ0) is 19.0. The van der Waals surface area contributed by atoms with Crippen LogP contribution in [0.2, 0.25) is 0 Å². The third-order valence-corrected chi connectivity index (χ3v) is 5.48. The average molecular weight is 364 g/mol. The minimum absolute atomic E-state index is 0.0937. The molecule has 1 fully saturated rings. The second-order valence-corrected chi connectivity index (χ2v) is 7.02. The fourth-order valence-electron chi connectivity index (χ4n) is 4.04. The van der Waals surface area contributed by atoms with Crippen LogP contribution in [0.1, 0.15) is 28.3 Å². The molecule has 5 nitrogen and oxygen atoms in total. The molecule has 4 rings (SSSR count). The Bertz CT molecular complexity index is 992. The molecule has 0 radical (unpaired) electrons. The van der Waals surface area contributed by atoms with Crippen LogP contribution >= 0.6 is 0 Å².